The molecule has 6 nitrogen and oxygen atoms in total. The molecule has 0 saturated carbocycles. The summed E-state index contributed by atoms with van der Waals surface area (Å²) in [5.41, 5.74) is 8.87. The van der Waals surface area contributed by atoms with Crippen molar-refractivity contribution in [1.82, 2.24) is 0 Å². The number of azo groups is 1. The van der Waals surface area contributed by atoms with Crippen molar-refractivity contribution >= 4 is 12.1 Å². The first-order chi connectivity index (χ1) is 3.63. The molecule has 4 amide bonds. The van der Waals surface area contributed by atoms with Gasteiger partial charge >= 0.3 is 12.1 Å². The molecule has 0 aromatic heterocycles. The second-order valence-electron chi connectivity index (χ2n) is 0.876. The summed E-state index contributed by atoms with van der Waals surface area (Å²) in [7, 11) is 0. The van der Waals surface area contributed by atoms with Gasteiger partial charge in [-0.05, 0) is 0 Å². The fraction of sp³-hybridized carbons (Fsp3) is 0. The normalized spacial score (nSPS) is 9.50. The maximum absolute atomic E-state index is 9.66. The second kappa shape index (κ2) is 2.67. The van der Waals surface area contributed by atoms with E-state index in [1.807, 2.05) is 0 Å². The summed E-state index contributed by atoms with van der Waals surface area (Å²) in [6.07, 6.45) is 0. The summed E-state index contributed by atoms with van der Waals surface area (Å²) in [5, 5.41) is 5.23. The number of hydrogen-bond acceptors (Lipinski definition) is 2. The molecule has 0 aromatic carbocycles. The summed E-state index contributed by atoms with van der Waals surface area (Å²) in [5.74, 6) is 0. The lowest BCUT2D eigenvalue weighted by atomic mass is 12.3. The maximum Gasteiger partial charge on any atom is 0.357 e. The lowest BCUT2D eigenvalue weighted by Crippen LogP contribution is -2.07. The van der Waals surface area contributed by atoms with E-state index in [2.05, 4.69) is 21.7 Å². The zero-order valence-corrected chi connectivity index (χ0v) is 3.87. The smallest absolute Gasteiger partial charge is 0.348 e. The highest BCUT2D eigenvalue weighted by molar-refractivity contribution is 5.77. The van der Waals surface area contributed by atoms with Crippen molar-refractivity contribution in [2.75, 3.05) is 0 Å². The van der Waals surface area contributed by atoms with E-state index in [1.54, 1.807) is 0 Å². The molecule has 0 rings (SSSR count). The summed E-state index contributed by atoms with van der Waals surface area (Å²) in [4.78, 5) is 19.3. The van der Waals surface area contributed by atoms with Crippen LogP contribution in [-0.4, -0.2) is 12.1 Å². The minimum absolute atomic E-state index is 1.04. The first-order valence-electron chi connectivity index (χ1n) is 1.63. The second-order valence-corrected chi connectivity index (χ2v) is 0.876. The van der Waals surface area contributed by atoms with Crippen molar-refractivity contribution in [2.45, 2.75) is 0 Å². The molecule has 0 fully saturated rings. The van der Waals surface area contributed by atoms with Crippen LogP contribution >= 0.6 is 0 Å². The molecule has 44 valence electrons. The van der Waals surface area contributed by atoms with Crippen molar-refractivity contribution in [3.8, 4) is 0 Å². The van der Waals surface area contributed by atoms with Crippen LogP contribution < -0.4 is 11.5 Å². The van der Waals surface area contributed by atoms with Gasteiger partial charge in [-0.25, -0.2) is 9.59 Å². The van der Waals surface area contributed by atoms with Crippen LogP contribution in [0.5, 0.6) is 0 Å². The monoisotopic (exact) mass is 120 g/mol. The molecule has 0 saturated heterocycles. The van der Waals surface area contributed by atoms with E-state index in [9.17, 15) is 9.59 Å². The molecule has 0 aliphatic heterocycles. The Morgan fingerprint density at radius 1 is 1.00 bits per heavy atom. The Morgan fingerprint density at radius 3 is 1.38 bits per heavy atom. The van der Waals surface area contributed by atoms with E-state index >= 15 is 0 Å². The van der Waals surface area contributed by atoms with Crippen LogP contribution in [0.15, 0.2) is 10.2 Å². The van der Waals surface area contributed by atoms with Gasteiger partial charge in [0.1, 0.15) is 0 Å². The molecule has 0 atom stereocenters. The number of amides is 4. The van der Waals surface area contributed by atoms with E-state index in [1.165, 1.54) is 0 Å². The molecule has 0 heterocycles. The van der Waals surface area contributed by atoms with Crippen molar-refractivity contribution in [3.63, 3.8) is 0 Å². The lowest BCUT2D eigenvalue weighted by molar-refractivity contribution is 0.249. The van der Waals surface area contributed by atoms with Crippen molar-refractivity contribution < 1.29 is 9.59 Å². The molecule has 0 radical (unpaired) electrons. The maximum atomic E-state index is 9.66. The SMILES string of the molecule is N[14C](=O)/N=N\[14C](N)=O. The van der Waals surface area contributed by atoms with Crippen LogP contribution in [0.2, 0.25) is 0 Å². The molecule has 0 unspecified atom stereocenters. The van der Waals surface area contributed by atoms with Crippen molar-refractivity contribution in [3.05, 3.63) is 0 Å². The van der Waals surface area contributed by atoms with Gasteiger partial charge in [0.05, 0.1) is 0 Å². The Kier molecular flexibility index (Phi) is 2.18. The zero-order chi connectivity index (χ0) is 6.57. The van der Waals surface area contributed by atoms with Gasteiger partial charge < -0.3 is 11.5 Å². The topological polar surface area (TPSA) is 111 Å². The number of primary amides is 2. The molecule has 6 heteroatoms. The highest BCUT2D eigenvalue weighted by atomic mass is 16.4. The first-order valence-corrected chi connectivity index (χ1v) is 1.63. The highest BCUT2D eigenvalue weighted by Crippen LogP contribution is 1.72. The van der Waals surface area contributed by atoms with Gasteiger partial charge in [-0.15, -0.1) is 0 Å². The largest absolute Gasteiger partial charge is 0.357 e. The predicted octanol–water partition coefficient (Wildman–Crippen LogP) is -0.404. The van der Waals surface area contributed by atoms with Gasteiger partial charge in [-0.2, -0.15) is 0 Å². The summed E-state index contributed by atoms with van der Waals surface area (Å²) >= 11 is 0. The van der Waals surface area contributed by atoms with Crippen LogP contribution in [-0.2, 0) is 0 Å². The van der Waals surface area contributed by atoms with Crippen LogP contribution in [0.25, 0.3) is 0 Å². The quantitative estimate of drug-likeness (QED) is 0.423. The van der Waals surface area contributed by atoms with Crippen LogP contribution in [0.3, 0.4) is 0 Å². The third-order valence-corrected chi connectivity index (χ3v) is 0.247. The third kappa shape index (κ3) is 4.54. The number of hydrogen-bond donors (Lipinski definition) is 2. The van der Waals surface area contributed by atoms with Gasteiger partial charge in [0.15, 0.2) is 0 Å². The Bertz CT molecular complexity index is 123. The molecule has 0 aliphatic carbocycles. The van der Waals surface area contributed by atoms with E-state index in [4.69, 9.17) is 0 Å². The number of urea groups is 2. The summed E-state index contributed by atoms with van der Waals surface area (Å²) in [6, 6.07) is -2.08. The van der Waals surface area contributed by atoms with E-state index in [0.29, 0.717) is 0 Å². The average molecular weight is 120 g/mol. The molecule has 8 heavy (non-hydrogen) atoms. The number of nitrogens with zero attached hydrogens (tertiary/aromatic N) is 2. The van der Waals surface area contributed by atoms with E-state index in [-0.39, 0.29) is 0 Å². The average Bonchev–Trinajstić information content (AvgIpc) is 1.61. The lowest BCUT2D eigenvalue weighted by Gasteiger charge is -1.74. The van der Waals surface area contributed by atoms with Gasteiger partial charge in [0.25, 0.3) is 0 Å². The molecule has 4 N–H and O–H groups in total. The summed E-state index contributed by atoms with van der Waals surface area (Å²) < 4.78 is 0. The fourth-order valence-electron chi connectivity index (χ4n) is 0.0986. The van der Waals surface area contributed by atoms with Gasteiger partial charge in [-0.3, -0.25) is 0 Å². The molecule has 0 aliphatic rings. The number of carbonyl (C=O) groups excluding carboxylic acids is 2. The minimum Gasteiger partial charge on any atom is -0.348 e. The molecule has 0 aromatic rings. The number of rotatable bonds is 0. The van der Waals surface area contributed by atoms with Gasteiger partial charge in [-0.1, -0.05) is 10.2 Å². The molecular weight excluding hydrogens is 116 g/mol. The highest BCUT2D eigenvalue weighted by Gasteiger charge is 1.86. The Morgan fingerprint density at radius 2 is 1.25 bits per heavy atom. The molecule has 0 bridgehead atoms. The third-order valence-electron chi connectivity index (χ3n) is 0.247. The van der Waals surface area contributed by atoms with Crippen molar-refractivity contribution in [1.29, 1.82) is 0 Å². The molecule has 0 spiro atoms. The number of nitrogens with two attached hydrogens (primary N) is 2. The van der Waals surface area contributed by atoms with Crippen LogP contribution in [0.1, 0.15) is 0 Å². The minimum atomic E-state index is -1.04. The van der Waals surface area contributed by atoms with E-state index in [0.717, 1.165) is 0 Å². The first kappa shape index (κ1) is 6.54. The van der Waals surface area contributed by atoms with Gasteiger partial charge in [0.2, 0.25) is 0 Å². The van der Waals surface area contributed by atoms with Gasteiger partial charge in [0, 0.05) is 0 Å². The number of carbonyl (C=O) groups is 2. The molecular formula is C2H4N4O2. The fourth-order valence-corrected chi connectivity index (χ4v) is 0.0986. The summed E-state index contributed by atoms with van der Waals surface area (Å²) in [6.45, 7) is 0. The van der Waals surface area contributed by atoms with Crippen molar-refractivity contribution in [2.24, 2.45) is 21.7 Å². The van der Waals surface area contributed by atoms with Crippen LogP contribution in [0.4, 0.5) is 9.59 Å². The Balaban J connectivity index is 3.67. The Hall–Kier alpha value is -1.46. The van der Waals surface area contributed by atoms with E-state index < -0.39 is 12.1 Å². The van der Waals surface area contributed by atoms with Crippen LogP contribution in [0, 0.1) is 0 Å². The predicted molar refractivity (Wildman–Crippen MR) is 24.0 cm³/mol. The zero-order valence-electron chi connectivity index (χ0n) is 3.87. The standard InChI is InChI=1S/C2H4N4O2/c3-1(7)5-6-2(4)8/h(H2,3,7)(H2,4,8)/b6-5-/i1+2,2+2. The Labute approximate surface area is 44.6 Å².